The number of nitrogens with one attached hydrogen (secondary N) is 1. The van der Waals surface area contributed by atoms with Gasteiger partial charge in [0.2, 0.25) is 5.91 Å². The summed E-state index contributed by atoms with van der Waals surface area (Å²) in [5.41, 5.74) is 6.34. The van der Waals surface area contributed by atoms with Crippen molar-refractivity contribution >= 4 is 17.6 Å². The van der Waals surface area contributed by atoms with Crippen LogP contribution in [0.5, 0.6) is 0 Å². The number of carbonyl (C=O) groups excluding carboxylic acids is 2. The zero-order valence-electron chi connectivity index (χ0n) is 23.8. The topological polar surface area (TPSA) is 58.6 Å². The number of esters is 1. The molecule has 5 rings (SSSR count). The average molecular weight is 547 g/mol. The third kappa shape index (κ3) is 7.30. The SMILES string of the molecule is CC(C)c1ccc(CN2C(=O)C(N[C@@H](Cc3ccccc3)C(=O)OCc3ccccc3)CCc3ccccc32)cc1. The fourth-order valence-electron chi connectivity index (χ4n) is 5.36. The molecule has 0 aliphatic carbocycles. The van der Waals surface area contributed by atoms with Crippen molar-refractivity contribution in [2.24, 2.45) is 0 Å². The summed E-state index contributed by atoms with van der Waals surface area (Å²) in [6.45, 7) is 5.01. The third-order valence-electron chi connectivity index (χ3n) is 7.73. The van der Waals surface area contributed by atoms with E-state index in [0.29, 0.717) is 25.3 Å². The third-order valence-corrected chi connectivity index (χ3v) is 7.73. The number of fused-ring (bicyclic) bond motifs is 1. The number of para-hydroxylation sites is 1. The number of rotatable bonds is 10. The number of anilines is 1. The second-order valence-electron chi connectivity index (χ2n) is 11.0. The summed E-state index contributed by atoms with van der Waals surface area (Å²) < 4.78 is 5.76. The van der Waals surface area contributed by atoms with Gasteiger partial charge < -0.3 is 9.64 Å². The number of aryl methyl sites for hydroxylation is 1. The Morgan fingerprint density at radius 3 is 2.15 bits per heavy atom. The summed E-state index contributed by atoms with van der Waals surface area (Å²) in [6.07, 6.45) is 1.76. The Morgan fingerprint density at radius 2 is 1.46 bits per heavy atom. The standard InChI is InChI=1S/C36H38N2O3/c1-26(2)30-19-17-28(18-20-30)24-38-34-16-10-9-15-31(34)21-22-32(35(38)39)37-33(23-27-11-5-3-6-12-27)36(40)41-25-29-13-7-4-8-14-29/h3-20,26,32-33,37H,21-25H2,1-2H3/t32?,33-/m0/s1. The smallest absolute Gasteiger partial charge is 0.323 e. The van der Waals surface area contributed by atoms with Gasteiger partial charge in [0.25, 0.3) is 0 Å². The van der Waals surface area contributed by atoms with Crippen LogP contribution in [0, 0.1) is 0 Å². The predicted molar refractivity (Wildman–Crippen MR) is 164 cm³/mol. The lowest BCUT2D eigenvalue weighted by Crippen LogP contribution is -2.52. The number of ether oxygens (including phenoxy) is 1. The van der Waals surface area contributed by atoms with Crippen molar-refractivity contribution in [1.82, 2.24) is 5.32 Å². The van der Waals surface area contributed by atoms with E-state index in [1.165, 1.54) is 5.56 Å². The van der Waals surface area contributed by atoms with E-state index < -0.39 is 12.1 Å². The Bertz CT molecular complexity index is 1430. The fourth-order valence-corrected chi connectivity index (χ4v) is 5.36. The van der Waals surface area contributed by atoms with Crippen LogP contribution >= 0.6 is 0 Å². The monoisotopic (exact) mass is 546 g/mol. The molecule has 210 valence electrons. The zero-order chi connectivity index (χ0) is 28.6. The molecular weight excluding hydrogens is 508 g/mol. The van der Waals surface area contributed by atoms with Gasteiger partial charge in [-0.2, -0.15) is 0 Å². The van der Waals surface area contributed by atoms with Crippen molar-refractivity contribution in [3.05, 3.63) is 137 Å². The molecule has 4 aromatic carbocycles. The lowest BCUT2D eigenvalue weighted by atomic mass is 10.0. The fraction of sp³-hybridized carbons (Fsp3) is 0.278. The second-order valence-corrected chi connectivity index (χ2v) is 11.0. The molecule has 0 saturated carbocycles. The largest absolute Gasteiger partial charge is 0.460 e. The van der Waals surface area contributed by atoms with Gasteiger partial charge in [0.1, 0.15) is 12.6 Å². The van der Waals surface area contributed by atoms with Gasteiger partial charge in [-0.15, -0.1) is 0 Å². The van der Waals surface area contributed by atoms with Gasteiger partial charge in [0, 0.05) is 5.69 Å². The minimum Gasteiger partial charge on any atom is -0.460 e. The van der Waals surface area contributed by atoms with Crippen LogP contribution in [0.4, 0.5) is 5.69 Å². The van der Waals surface area contributed by atoms with E-state index in [2.05, 4.69) is 49.5 Å². The molecule has 41 heavy (non-hydrogen) atoms. The molecule has 1 heterocycles. The Balaban J connectivity index is 1.38. The van der Waals surface area contributed by atoms with Crippen molar-refractivity contribution in [2.75, 3.05) is 4.90 Å². The lowest BCUT2D eigenvalue weighted by molar-refractivity contribution is -0.147. The summed E-state index contributed by atoms with van der Waals surface area (Å²) in [6, 6.07) is 34.9. The highest BCUT2D eigenvalue weighted by atomic mass is 16.5. The molecule has 1 unspecified atom stereocenters. The van der Waals surface area contributed by atoms with E-state index in [0.717, 1.165) is 34.4 Å². The van der Waals surface area contributed by atoms with Gasteiger partial charge >= 0.3 is 5.97 Å². The van der Waals surface area contributed by atoms with Crippen molar-refractivity contribution in [2.45, 2.75) is 64.3 Å². The Morgan fingerprint density at radius 1 is 0.829 bits per heavy atom. The summed E-state index contributed by atoms with van der Waals surface area (Å²) in [5, 5.41) is 3.44. The highest BCUT2D eigenvalue weighted by Crippen LogP contribution is 2.29. The molecule has 1 N–H and O–H groups in total. The number of carbonyl (C=O) groups is 2. The molecule has 1 amide bonds. The molecule has 0 saturated heterocycles. The van der Waals surface area contributed by atoms with Gasteiger partial charge in [-0.1, -0.05) is 117 Å². The highest BCUT2D eigenvalue weighted by Gasteiger charge is 2.34. The van der Waals surface area contributed by atoms with Crippen LogP contribution in [0.15, 0.2) is 109 Å². The van der Waals surface area contributed by atoms with Crippen LogP contribution in [0.1, 0.15) is 54.0 Å². The Kier molecular flexibility index (Phi) is 9.27. The van der Waals surface area contributed by atoms with Crippen molar-refractivity contribution in [3.8, 4) is 0 Å². The van der Waals surface area contributed by atoms with E-state index in [4.69, 9.17) is 4.74 Å². The first-order valence-corrected chi connectivity index (χ1v) is 14.5. The zero-order valence-corrected chi connectivity index (χ0v) is 23.8. The molecule has 0 aromatic heterocycles. The van der Waals surface area contributed by atoms with Crippen LogP contribution in [0.25, 0.3) is 0 Å². The summed E-state index contributed by atoms with van der Waals surface area (Å²) >= 11 is 0. The van der Waals surface area contributed by atoms with Crippen LogP contribution in [0.2, 0.25) is 0 Å². The maximum atomic E-state index is 14.2. The van der Waals surface area contributed by atoms with Crippen LogP contribution in [-0.2, 0) is 40.3 Å². The van der Waals surface area contributed by atoms with Crippen molar-refractivity contribution in [3.63, 3.8) is 0 Å². The van der Waals surface area contributed by atoms with E-state index in [1.807, 2.05) is 83.8 Å². The molecule has 0 radical (unpaired) electrons. The molecule has 0 fully saturated rings. The van der Waals surface area contributed by atoms with Gasteiger partial charge in [-0.05, 0) is 59.1 Å². The molecular formula is C36H38N2O3. The Hall–Kier alpha value is -4.22. The number of benzene rings is 4. The molecule has 5 heteroatoms. The van der Waals surface area contributed by atoms with Crippen LogP contribution in [-0.4, -0.2) is 24.0 Å². The van der Waals surface area contributed by atoms with Gasteiger partial charge in [-0.3, -0.25) is 14.9 Å². The molecule has 0 spiro atoms. The van der Waals surface area contributed by atoms with E-state index in [-0.39, 0.29) is 18.5 Å². The maximum Gasteiger partial charge on any atom is 0.323 e. The quantitative estimate of drug-likeness (QED) is 0.228. The molecule has 1 aliphatic rings. The molecule has 4 aromatic rings. The first kappa shape index (κ1) is 28.3. The van der Waals surface area contributed by atoms with Gasteiger partial charge in [-0.25, -0.2) is 0 Å². The first-order valence-electron chi connectivity index (χ1n) is 14.5. The highest BCUT2D eigenvalue weighted by molar-refractivity contribution is 5.99. The number of nitrogens with zero attached hydrogens (tertiary/aromatic N) is 1. The summed E-state index contributed by atoms with van der Waals surface area (Å²) in [4.78, 5) is 29.5. The molecule has 5 nitrogen and oxygen atoms in total. The molecule has 2 atom stereocenters. The average Bonchev–Trinajstić information content (AvgIpc) is 3.13. The molecule has 1 aliphatic heterocycles. The van der Waals surface area contributed by atoms with Gasteiger partial charge in [0.15, 0.2) is 0 Å². The number of hydrogen-bond donors (Lipinski definition) is 1. The predicted octanol–water partition coefficient (Wildman–Crippen LogP) is 6.60. The van der Waals surface area contributed by atoms with E-state index in [9.17, 15) is 9.59 Å². The van der Waals surface area contributed by atoms with Crippen LogP contribution < -0.4 is 10.2 Å². The normalized spacial score (nSPS) is 15.7. The summed E-state index contributed by atoms with van der Waals surface area (Å²) in [7, 11) is 0. The first-order chi connectivity index (χ1) is 20.0. The van der Waals surface area contributed by atoms with Crippen LogP contribution in [0.3, 0.4) is 0 Å². The molecule has 0 bridgehead atoms. The lowest BCUT2D eigenvalue weighted by Gasteiger charge is -2.29. The van der Waals surface area contributed by atoms with E-state index >= 15 is 0 Å². The van der Waals surface area contributed by atoms with Crippen molar-refractivity contribution in [1.29, 1.82) is 0 Å². The van der Waals surface area contributed by atoms with Gasteiger partial charge in [0.05, 0.1) is 12.6 Å². The minimum absolute atomic E-state index is 0.0307. The number of hydrogen-bond acceptors (Lipinski definition) is 4. The van der Waals surface area contributed by atoms with Crippen molar-refractivity contribution < 1.29 is 14.3 Å². The second kappa shape index (κ2) is 13.4. The number of amides is 1. The Labute approximate surface area is 243 Å². The maximum absolute atomic E-state index is 14.2. The summed E-state index contributed by atoms with van der Waals surface area (Å²) in [5.74, 6) is 0.0567. The minimum atomic E-state index is -0.663. The van der Waals surface area contributed by atoms with E-state index in [1.54, 1.807) is 0 Å².